The van der Waals surface area contributed by atoms with Gasteiger partial charge in [-0.3, -0.25) is 4.79 Å². The van der Waals surface area contributed by atoms with Gasteiger partial charge >= 0.3 is 0 Å². The minimum atomic E-state index is 0.227. The number of Topliss-reactive ketones (excluding diaryl/α,β-unsaturated/α-hetero) is 1. The van der Waals surface area contributed by atoms with E-state index in [0.717, 1.165) is 44.6 Å². The zero-order valence-corrected chi connectivity index (χ0v) is 11.8. The summed E-state index contributed by atoms with van der Waals surface area (Å²) in [6, 6.07) is 0. The third-order valence-corrected chi connectivity index (χ3v) is 4.26. The second-order valence-electron chi connectivity index (χ2n) is 6.64. The molecule has 0 saturated heterocycles. The van der Waals surface area contributed by atoms with E-state index in [-0.39, 0.29) is 5.41 Å². The van der Waals surface area contributed by atoms with Crippen LogP contribution in [0.3, 0.4) is 0 Å². The molecule has 0 bridgehead atoms. The summed E-state index contributed by atoms with van der Waals surface area (Å²) in [5, 5.41) is 0. The van der Waals surface area contributed by atoms with Gasteiger partial charge in [0.15, 0.2) is 0 Å². The van der Waals surface area contributed by atoms with Crippen LogP contribution in [0.5, 0.6) is 0 Å². The first-order valence-electron chi connectivity index (χ1n) is 7.17. The molecule has 0 aromatic rings. The van der Waals surface area contributed by atoms with Crippen LogP contribution >= 0.6 is 0 Å². The topological polar surface area (TPSA) is 43.1 Å². The molecule has 0 aromatic heterocycles. The summed E-state index contributed by atoms with van der Waals surface area (Å²) in [5.74, 6) is 1.60. The van der Waals surface area contributed by atoms with E-state index < -0.39 is 0 Å². The fourth-order valence-corrected chi connectivity index (χ4v) is 2.91. The van der Waals surface area contributed by atoms with E-state index in [1.54, 1.807) is 0 Å². The van der Waals surface area contributed by atoms with Crippen molar-refractivity contribution in [1.82, 2.24) is 0 Å². The summed E-state index contributed by atoms with van der Waals surface area (Å²) in [5.41, 5.74) is 5.82. The predicted octanol–water partition coefficient (Wildman–Crippen LogP) is 3.54. The quantitative estimate of drug-likeness (QED) is 0.770. The predicted molar refractivity (Wildman–Crippen MR) is 72.8 cm³/mol. The van der Waals surface area contributed by atoms with Crippen molar-refractivity contribution < 1.29 is 4.79 Å². The molecule has 1 aliphatic rings. The van der Waals surface area contributed by atoms with Gasteiger partial charge < -0.3 is 5.73 Å². The first-order chi connectivity index (χ1) is 7.94. The highest BCUT2D eigenvalue weighted by atomic mass is 16.1. The highest BCUT2D eigenvalue weighted by Gasteiger charge is 2.26. The maximum Gasteiger partial charge on any atom is 0.136 e. The second kappa shape index (κ2) is 6.53. The molecule has 2 N–H and O–H groups in total. The van der Waals surface area contributed by atoms with Crippen molar-refractivity contribution in [3.05, 3.63) is 0 Å². The lowest BCUT2D eigenvalue weighted by Gasteiger charge is -2.28. The Morgan fingerprint density at radius 3 is 2.59 bits per heavy atom. The number of carbonyl (C=O) groups excluding carboxylic acids is 1. The lowest BCUT2D eigenvalue weighted by Crippen LogP contribution is -2.24. The normalized spacial score (nSPS) is 25.9. The van der Waals surface area contributed by atoms with Crippen molar-refractivity contribution in [3.63, 3.8) is 0 Å². The Bertz CT molecular complexity index is 247. The van der Waals surface area contributed by atoms with Crippen molar-refractivity contribution in [2.75, 3.05) is 6.54 Å². The van der Waals surface area contributed by atoms with Crippen LogP contribution in [-0.4, -0.2) is 12.3 Å². The number of hydrogen-bond donors (Lipinski definition) is 1. The highest BCUT2D eigenvalue weighted by Crippen LogP contribution is 2.32. The first-order valence-corrected chi connectivity index (χ1v) is 7.17. The van der Waals surface area contributed by atoms with Gasteiger partial charge in [-0.2, -0.15) is 0 Å². The Morgan fingerprint density at radius 2 is 2.00 bits per heavy atom. The highest BCUT2D eigenvalue weighted by molar-refractivity contribution is 5.81. The molecule has 1 rings (SSSR count). The monoisotopic (exact) mass is 239 g/mol. The molecule has 0 spiro atoms. The number of rotatable bonds is 6. The summed E-state index contributed by atoms with van der Waals surface area (Å²) in [7, 11) is 0. The summed E-state index contributed by atoms with van der Waals surface area (Å²) in [4.78, 5) is 12.2. The van der Waals surface area contributed by atoms with Crippen molar-refractivity contribution in [2.24, 2.45) is 23.0 Å². The summed E-state index contributed by atoms with van der Waals surface area (Å²) in [6.07, 6.45) is 7.56. The molecule has 0 aromatic carbocycles. The van der Waals surface area contributed by atoms with Crippen LogP contribution in [0, 0.1) is 17.3 Å². The lowest BCUT2D eigenvalue weighted by atomic mass is 9.77. The third kappa shape index (κ3) is 5.20. The summed E-state index contributed by atoms with van der Waals surface area (Å²) < 4.78 is 0. The fraction of sp³-hybridized carbons (Fsp3) is 0.933. The standard InChI is InChI=1S/C15H29NO/c1-12-5-4-6-13(11-12)14(17)7-8-15(2,3)9-10-16/h12-13H,4-11,16H2,1-3H3. The Morgan fingerprint density at radius 1 is 1.29 bits per heavy atom. The number of hydrogen-bond acceptors (Lipinski definition) is 2. The molecule has 2 nitrogen and oxygen atoms in total. The zero-order valence-electron chi connectivity index (χ0n) is 11.8. The molecule has 0 aliphatic heterocycles. The maximum absolute atomic E-state index is 12.2. The van der Waals surface area contributed by atoms with Crippen molar-refractivity contribution >= 4 is 5.78 Å². The Kier molecular flexibility index (Phi) is 5.64. The minimum Gasteiger partial charge on any atom is -0.330 e. The third-order valence-electron chi connectivity index (χ3n) is 4.26. The Balaban J connectivity index is 2.33. The number of ketones is 1. The van der Waals surface area contributed by atoms with E-state index in [0.29, 0.717) is 11.7 Å². The maximum atomic E-state index is 12.2. The van der Waals surface area contributed by atoms with Gasteiger partial charge in [-0.15, -0.1) is 0 Å². The average Bonchev–Trinajstić information content (AvgIpc) is 2.26. The van der Waals surface area contributed by atoms with Crippen molar-refractivity contribution in [3.8, 4) is 0 Å². The molecule has 100 valence electrons. The van der Waals surface area contributed by atoms with Crippen LogP contribution in [0.25, 0.3) is 0 Å². The molecule has 2 heteroatoms. The Hall–Kier alpha value is -0.370. The molecular formula is C15H29NO. The average molecular weight is 239 g/mol. The number of carbonyl (C=O) groups is 1. The Labute approximate surface area is 106 Å². The molecule has 2 atom stereocenters. The van der Waals surface area contributed by atoms with E-state index in [2.05, 4.69) is 20.8 Å². The van der Waals surface area contributed by atoms with Gasteiger partial charge in [0.2, 0.25) is 0 Å². The van der Waals surface area contributed by atoms with Gasteiger partial charge in [-0.1, -0.05) is 33.6 Å². The molecular weight excluding hydrogens is 210 g/mol. The molecule has 0 heterocycles. The van der Waals surface area contributed by atoms with Crippen LogP contribution in [0.2, 0.25) is 0 Å². The molecule has 0 radical (unpaired) electrons. The summed E-state index contributed by atoms with van der Waals surface area (Å²) >= 11 is 0. The number of nitrogens with two attached hydrogens (primary N) is 1. The molecule has 1 fully saturated rings. The van der Waals surface area contributed by atoms with E-state index in [9.17, 15) is 4.79 Å². The van der Waals surface area contributed by atoms with Crippen LogP contribution in [-0.2, 0) is 4.79 Å². The van der Waals surface area contributed by atoms with Crippen molar-refractivity contribution in [1.29, 1.82) is 0 Å². The van der Waals surface area contributed by atoms with E-state index in [4.69, 9.17) is 5.73 Å². The minimum absolute atomic E-state index is 0.227. The van der Waals surface area contributed by atoms with Crippen LogP contribution in [0.15, 0.2) is 0 Å². The van der Waals surface area contributed by atoms with Crippen LogP contribution in [0.1, 0.15) is 65.7 Å². The molecule has 1 saturated carbocycles. The molecule has 1 aliphatic carbocycles. The smallest absolute Gasteiger partial charge is 0.136 e. The molecule has 2 unspecified atom stereocenters. The summed E-state index contributed by atoms with van der Waals surface area (Å²) in [6.45, 7) is 7.44. The largest absolute Gasteiger partial charge is 0.330 e. The van der Waals surface area contributed by atoms with E-state index in [1.807, 2.05) is 0 Å². The van der Waals surface area contributed by atoms with Crippen LogP contribution < -0.4 is 5.73 Å². The van der Waals surface area contributed by atoms with Gasteiger partial charge in [0.05, 0.1) is 0 Å². The van der Waals surface area contributed by atoms with Gasteiger partial charge in [0.1, 0.15) is 5.78 Å². The van der Waals surface area contributed by atoms with E-state index in [1.165, 1.54) is 12.8 Å². The zero-order chi connectivity index (χ0) is 12.9. The molecule has 17 heavy (non-hydrogen) atoms. The van der Waals surface area contributed by atoms with Crippen LogP contribution in [0.4, 0.5) is 0 Å². The van der Waals surface area contributed by atoms with Gasteiger partial charge in [0, 0.05) is 12.3 Å². The van der Waals surface area contributed by atoms with Crippen molar-refractivity contribution in [2.45, 2.75) is 65.7 Å². The fourth-order valence-electron chi connectivity index (χ4n) is 2.91. The van der Waals surface area contributed by atoms with Gasteiger partial charge in [0.25, 0.3) is 0 Å². The van der Waals surface area contributed by atoms with Gasteiger partial charge in [-0.25, -0.2) is 0 Å². The lowest BCUT2D eigenvalue weighted by molar-refractivity contribution is -0.124. The first kappa shape index (κ1) is 14.7. The van der Waals surface area contributed by atoms with Gasteiger partial charge in [-0.05, 0) is 43.6 Å². The van der Waals surface area contributed by atoms with E-state index >= 15 is 0 Å². The SMILES string of the molecule is CC1CCCC(C(=O)CCC(C)(C)CCN)C1. The molecule has 0 amide bonds. The second-order valence-corrected chi connectivity index (χ2v) is 6.64.